The Bertz CT molecular complexity index is 397. The van der Waals surface area contributed by atoms with E-state index >= 15 is 0 Å². The predicted molar refractivity (Wildman–Crippen MR) is 86.0 cm³/mol. The molecule has 112 valence electrons. The van der Waals surface area contributed by atoms with Crippen LogP contribution in [0.2, 0.25) is 0 Å². The number of carbonyl (C=O) groups excluding carboxylic acids is 1. The summed E-state index contributed by atoms with van der Waals surface area (Å²) < 4.78 is 0. The molecule has 0 atom stereocenters. The number of carbonyl (C=O) groups is 1. The number of halogens is 1. The van der Waals surface area contributed by atoms with Crippen LogP contribution in [0.15, 0.2) is 24.3 Å². The highest BCUT2D eigenvalue weighted by atomic mass is 35.5. The van der Waals surface area contributed by atoms with Gasteiger partial charge in [-0.3, -0.25) is 4.79 Å². The summed E-state index contributed by atoms with van der Waals surface area (Å²) in [4.78, 5) is 12.3. The Morgan fingerprint density at radius 2 is 1.60 bits per heavy atom. The molecule has 1 amide bonds. The van der Waals surface area contributed by atoms with E-state index in [1.165, 1.54) is 32.1 Å². The van der Waals surface area contributed by atoms with E-state index in [2.05, 4.69) is 5.32 Å². The molecule has 1 fully saturated rings. The molecule has 0 heterocycles. The van der Waals surface area contributed by atoms with Crippen molar-refractivity contribution in [2.45, 2.75) is 51.5 Å². The zero-order chi connectivity index (χ0) is 13.5. The smallest absolute Gasteiger partial charge is 0.227 e. The standard InChI is InChI=1S/C16H24N2O.ClH/c17-12-13-8-10-15(11-9-13)18-16(19)14-6-4-2-1-3-5-7-14;/h8-11,14H,1-7,12,17H2,(H,18,19);1H. The van der Waals surface area contributed by atoms with Gasteiger partial charge in [0.2, 0.25) is 5.91 Å². The number of nitrogens with one attached hydrogen (secondary N) is 1. The third kappa shape index (κ3) is 5.14. The Morgan fingerprint density at radius 3 is 2.15 bits per heavy atom. The van der Waals surface area contributed by atoms with Crippen LogP contribution in [0.25, 0.3) is 0 Å². The largest absolute Gasteiger partial charge is 0.326 e. The third-order valence-electron chi connectivity index (χ3n) is 3.93. The van der Waals surface area contributed by atoms with Gasteiger partial charge in [0, 0.05) is 18.2 Å². The van der Waals surface area contributed by atoms with Crippen LogP contribution in [-0.4, -0.2) is 5.91 Å². The molecule has 20 heavy (non-hydrogen) atoms. The van der Waals surface area contributed by atoms with E-state index in [1.807, 2.05) is 24.3 Å². The Balaban J connectivity index is 0.00000200. The minimum atomic E-state index is 0. The number of rotatable bonds is 3. The summed E-state index contributed by atoms with van der Waals surface area (Å²) in [7, 11) is 0. The van der Waals surface area contributed by atoms with Gasteiger partial charge in [0.15, 0.2) is 0 Å². The van der Waals surface area contributed by atoms with Gasteiger partial charge in [-0.2, -0.15) is 0 Å². The lowest BCUT2D eigenvalue weighted by atomic mass is 9.90. The lowest BCUT2D eigenvalue weighted by Crippen LogP contribution is -2.23. The van der Waals surface area contributed by atoms with E-state index in [0.717, 1.165) is 24.1 Å². The second kappa shape index (κ2) is 8.98. The van der Waals surface area contributed by atoms with Crippen LogP contribution < -0.4 is 11.1 Å². The third-order valence-corrected chi connectivity index (χ3v) is 3.93. The van der Waals surface area contributed by atoms with Crippen molar-refractivity contribution < 1.29 is 4.79 Å². The van der Waals surface area contributed by atoms with Gasteiger partial charge in [-0.15, -0.1) is 12.4 Å². The summed E-state index contributed by atoms with van der Waals surface area (Å²) >= 11 is 0. The molecule has 1 aliphatic rings. The molecule has 1 aromatic rings. The first-order valence-electron chi connectivity index (χ1n) is 7.39. The van der Waals surface area contributed by atoms with Gasteiger partial charge in [-0.1, -0.05) is 44.2 Å². The first-order valence-corrected chi connectivity index (χ1v) is 7.39. The van der Waals surface area contributed by atoms with E-state index in [4.69, 9.17) is 5.73 Å². The van der Waals surface area contributed by atoms with Crippen LogP contribution in [0, 0.1) is 5.92 Å². The molecular formula is C16H25ClN2O. The lowest BCUT2D eigenvalue weighted by Gasteiger charge is -2.19. The molecule has 0 spiro atoms. The molecule has 0 unspecified atom stereocenters. The van der Waals surface area contributed by atoms with Crippen LogP contribution in [0.4, 0.5) is 5.69 Å². The summed E-state index contributed by atoms with van der Waals surface area (Å²) in [6.45, 7) is 0.539. The van der Waals surface area contributed by atoms with Crippen molar-refractivity contribution in [2.24, 2.45) is 11.7 Å². The second-order valence-corrected chi connectivity index (χ2v) is 5.43. The molecule has 1 saturated carbocycles. The van der Waals surface area contributed by atoms with Crippen molar-refractivity contribution in [3.8, 4) is 0 Å². The molecule has 0 saturated heterocycles. The predicted octanol–water partition coefficient (Wildman–Crippen LogP) is 3.87. The highest BCUT2D eigenvalue weighted by molar-refractivity contribution is 5.92. The zero-order valence-electron chi connectivity index (χ0n) is 11.9. The highest BCUT2D eigenvalue weighted by Gasteiger charge is 2.19. The molecule has 4 heteroatoms. The van der Waals surface area contributed by atoms with Crippen LogP contribution in [0.3, 0.4) is 0 Å². The number of anilines is 1. The fraction of sp³-hybridized carbons (Fsp3) is 0.562. The first-order chi connectivity index (χ1) is 9.29. The summed E-state index contributed by atoms with van der Waals surface area (Å²) in [5.74, 6) is 0.372. The minimum absolute atomic E-state index is 0. The number of hydrogen-bond acceptors (Lipinski definition) is 2. The average molecular weight is 297 g/mol. The average Bonchev–Trinajstić information content (AvgIpc) is 2.39. The van der Waals surface area contributed by atoms with E-state index in [-0.39, 0.29) is 24.2 Å². The molecule has 1 aromatic carbocycles. The Kier molecular flexibility index (Phi) is 7.63. The first kappa shape index (κ1) is 17.0. The van der Waals surface area contributed by atoms with Crippen LogP contribution in [0.5, 0.6) is 0 Å². The van der Waals surface area contributed by atoms with Gasteiger partial charge in [-0.05, 0) is 30.5 Å². The number of nitrogens with two attached hydrogens (primary N) is 1. The Labute approximate surface area is 127 Å². The number of amides is 1. The lowest BCUT2D eigenvalue weighted by molar-refractivity contribution is -0.120. The molecule has 0 radical (unpaired) electrons. The Hall–Kier alpha value is -1.06. The molecule has 3 nitrogen and oxygen atoms in total. The van der Waals surface area contributed by atoms with Crippen molar-refractivity contribution in [3.63, 3.8) is 0 Å². The van der Waals surface area contributed by atoms with Crippen LogP contribution in [0.1, 0.15) is 50.5 Å². The van der Waals surface area contributed by atoms with Crippen molar-refractivity contribution in [3.05, 3.63) is 29.8 Å². The topological polar surface area (TPSA) is 55.1 Å². The van der Waals surface area contributed by atoms with Crippen LogP contribution >= 0.6 is 12.4 Å². The van der Waals surface area contributed by atoms with Gasteiger partial charge in [0.25, 0.3) is 0 Å². The molecule has 0 aliphatic heterocycles. The van der Waals surface area contributed by atoms with E-state index in [9.17, 15) is 4.79 Å². The van der Waals surface area contributed by atoms with Crippen molar-refractivity contribution in [2.75, 3.05) is 5.32 Å². The minimum Gasteiger partial charge on any atom is -0.326 e. The molecule has 1 aliphatic carbocycles. The molecule has 2 rings (SSSR count). The normalized spacial score (nSPS) is 16.6. The second-order valence-electron chi connectivity index (χ2n) is 5.43. The number of benzene rings is 1. The fourth-order valence-corrected chi connectivity index (χ4v) is 2.69. The molecule has 3 N–H and O–H groups in total. The zero-order valence-corrected chi connectivity index (χ0v) is 12.8. The van der Waals surface area contributed by atoms with Crippen molar-refractivity contribution in [1.82, 2.24) is 0 Å². The highest BCUT2D eigenvalue weighted by Crippen LogP contribution is 2.23. The van der Waals surface area contributed by atoms with E-state index in [0.29, 0.717) is 6.54 Å². The van der Waals surface area contributed by atoms with Crippen molar-refractivity contribution in [1.29, 1.82) is 0 Å². The Morgan fingerprint density at radius 1 is 1.05 bits per heavy atom. The molecule has 0 bridgehead atoms. The molecule has 0 aromatic heterocycles. The van der Waals surface area contributed by atoms with Crippen molar-refractivity contribution >= 4 is 24.0 Å². The fourth-order valence-electron chi connectivity index (χ4n) is 2.69. The van der Waals surface area contributed by atoms with Gasteiger partial charge in [-0.25, -0.2) is 0 Å². The van der Waals surface area contributed by atoms with Gasteiger partial charge >= 0.3 is 0 Å². The SMILES string of the molecule is Cl.NCc1ccc(NC(=O)C2CCCCCCC2)cc1. The van der Waals surface area contributed by atoms with Gasteiger partial charge < -0.3 is 11.1 Å². The summed E-state index contributed by atoms with van der Waals surface area (Å²) in [6.07, 6.45) is 8.31. The summed E-state index contributed by atoms with van der Waals surface area (Å²) in [5, 5.41) is 3.03. The maximum atomic E-state index is 12.3. The monoisotopic (exact) mass is 296 g/mol. The molecular weight excluding hydrogens is 272 g/mol. The van der Waals surface area contributed by atoms with E-state index in [1.54, 1.807) is 0 Å². The maximum absolute atomic E-state index is 12.3. The van der Waals surface area contributed by atoms with E-state index < -0.39 is 0 Å². The van der Waals surface area contributed by atoms with Crippen LogP contribution in [-0.2, 0) is 11.3 Å². The summed E-state index contributed by atoms with van der Waals surface area (Å²) in [5.41, 5.74) is 7.53. The number of hydrogen-bond donors (Lipinski definition) is 2. The van der Waals surface area contributed by atoms with Gasteiger partial charge in [0.05, 0.1) is 0 Å². The maximum Gasteiger partial charge on any atom is 0.227 e. The quantitative estimate of drug-likeness (QED) is 0.889. The van der Waals surface area contributed by atoms with Gasteiger partial charge in [0.1, 0.15) is 0 Å². The summed E-state index contributed by atoms with van der Waals surface area (Å²) in [6, 6.07) is 7.80.